The normalized spacial score (nSPS) is 15.6. The molecule has 3 rings (SSSR count). The average Bonchev–Trinajstić information content (AvgIpc) is 2.64. The van der Waals surface area contributed by atoms with Crippen LogP contribution in [0.1, 0.15) is 24.1 Å². The molecule has 2 aromatic rings. The lowest BCUT2D eigenvalue weighted by Crippen LogP contribution is -2.50. The van der Waals surface area contributed by atoms with Crippen molar-refractivity contribution in [1.82, 2.24) is 10.6 Å². The van der Waals surface area contributed by atoms with Gasteiger partial charge in [-0.25, -0.2) is 4.39 Å². The summed E-state index contributed by atoms with van der Waals surface area (Å²) in [6, 6.07) is 11.2. The minimum atomic E-state index is -0.547. The van der Waals surface area contributed by atoms with Crippen LogP contribution in [0.4, 0.5) is 4.39 Å². The number of rotatable bonds is 7. The Morgan fingerprint density at radius 3 is 2.54 bits per heavy atom. The Morgan fingerprint density at radius 1 is 1.18 bits per heavy atom. The zero-order valence-corrected chi connectivity index (χ0v) is 17.0. The summed E-state index contributed by atoms with van der Waals surface area (Å²) >= 11 is 0. The zero-order chi connectivity index (χ0) is 19.4. The molecule has 1 amide bonds. The van der Waals surface area contributed by atoms with Gasteiger partial charge in [0, 0.05) is 11.5 Å². The molecule has 1 fully saturated rings. The van der Waals surface area contributed by atoms with Crippen LogP contribution in [-0.4, -0.2) is 33.2 Å². The molecule has 1 saturated heterocycles. The zero-order valence-electron chi connectivity index (χ0n) is 16.2. The lowest BCUT2D eigenvalue weighted by Gasteiger charge is -2.33. The molecular weight excluding hydrogens is 383 g/mol. The van der Waals surface area contributed by atoms with E-state index in [0.29, 0.717) is 23.0 Å². The average molecular weight is 409 g/mol. The highest BCUT2D eigenvalue weighted by Gasteiger charge is 2.31. The molecule has 1 heterocycles. The van der Waals surface area contributed by atoms with Crippen molar-refractivity contribution in [2.75, 3.05) is 27.3 Å². The summed E-state index contributed by atoms with van der Waals surface area (Å²) in [5.41, 5.74) is 1.36. The van der Waals surface area contributed by atoms with E-state index in [-0.39, 0.29) is 30.0 Å². The van der Waals surface area contributed by atoms with Crippen LogP contribution in [0.5, 0.6) is 11.5 Å². The quantitative estimate of drug-likeness (QED) is 0.737. The molecule has 0 radical (unpaired) electrons. The number of ether oxygens (including phenoxy) is 2. The van der Waals surface area contributed by atoms with Gasteiger partial charge in [-0.3, -0.25) is 4.79 Å². The van der Waals surface area contributed by atoms with Crippen LogP contribution in [0, 0.1) is 17.7 Å². The minimum Gasteiger partial charge on any atom is -0.497 e. The summed E-state index contributed by atoms with van der Waals surface area (Å²) in [7, 11) is 3.12. The van der Waals surface area contributed by atoms with Gasteiger partial charge >= 0.3 is 0 Å². The van der Waals surface area contributed by atoms with E-state index in [2.05, 4.69) is 10.6 Å². The van der Waals surface area contributed by atoms with E-state index in [1.165, 1.54) is 19.2 Å². The molecule has 28 heavy (non-hydrogen) atoms. The van der Waals surface area contributed by atoms with Gasteiger partial charge in [0.25, 0.3) is 0 Å². The number of hydrogen-bond donors (Lipinski definition) is 2. The van der Waals surface area contributed by atoms with Crippen molar-refractivity contribution in [2.24, 2.45) is 11.8 Å². The number of hydrogen-bond acceptors (Lipinski definition) is 4. The van der Waals surface area contributed by atoms with Gasteiger partial charge in [-0.15, -0.1) is 12.4 Å². The number of benzene rings is 2. The van der Waals surface area contributed by atoms with Crippen molar-refractivity contribution in [3.05, 3.63) is 59.4 Å². The number of carbonyl (C=O) groups is 1. The second-order valence-electron chi connectivity index (χ2n) is 6.81. The van der Waals surface area contributed by atoms with Gasteiger partial charge in [0.2, 0.25) is 5.91 Å². The smallest absolute Gasteiger partial charge is 0.223 e. The Labute approximate surface area is 171 Å². The maximum Gasteiger partial charge on any atom is 0.223 e. The molecule has 0 aliphatic carbocycles. The highest BCUT2D eigenvalue weighted by atomic mass is 35.5. The molecular formula is C21H26ClFN2O3. The largest absolute Gasteiger partial charge is 0.497 e. The van der Waals surface area contributed by atoms with E-state index < -0.39 is 6.04 Å². The Balaban J connectivity index is 0.00000280. The number of halogens is 2. The maximum absolute atomic E-state index is 14.0. The molecule has 2 aromatic carbocycles. The summed E-state index contributed by atoms with van der Waals surface area (Å²) in [5.74, 6) is 0.898. The fourth-order valence-electron chi connectivity index (χ4n) is 3.24. The first-order valence-corrected chi connectivity index (χ1v) is 9.02. The summed E-state index contributed by atoms with van der Waals surface area (Å²) < 4.78 is 24.7. The van der Waals surface area contributed by atoms with Crippen LogP contribution in [0.2, 0.25) is 0 Å². The summed E-state index contributed by atoms with van der Waals surface area (Å²) in [6.45, 7) is 3.59. The van der Waals surface area contributed by atoms with Crippen molar-refractivity contribution in [3.8, 4) is 11.5 Å². The summed E-state index contributed by atoms with van der Waals surface area (Å²) in [5, 5.41) is 6.27. The highest BCUT2D eigenvalue weighted by molar-refractivity contribution is 5.85. The first-order chi connectivity index (χ1) is 13.0. The minimum absolute atomic E-state index is 0. The van der Waals surface area contributed by atoms with Crippen LogP contribution in [-0.2, 0) is 4.79 Å². The van der Waals surface area contributed by atoms with Gasteiger partial charge < -0.3 is 20.1 Å². The van der Waals surface area contributed by atoms with Gasteiger partial charge in [-0.05, 0) is 54.9 Å². The van der Waals surface area contributed by atoms with Crippen LogP contribution >= 0.6 is 12.4 Å². The third-order valence-electron chi connectivity index (χ3n) is 5.15. The Kier molecular flexibility index (Phi) is 7.66. The van der Waals surface area contributed by atoms with Crippen molar-refractivity contribution in [2.45, 2.75) is 13.0 Å². The van der Waals surface area contributed by atoms with Crippen LogP contribution in [0.15, 0.2) is 42.5 Å². The van der Waals surface area contributed by atoms with Gasteiger partial charge in [0.05, 0.1) is 20.3 Å². The lowest BCUT2D eigenvalue weighted by molar-refractivity contribution is -0.127. The number of nitrogens with one attached hydrogen (secondary N) is 2. The van der Waals surface area contributed by atoms with E-state index in [4.69, 9.17) is 9.47 Å². The Hall–Kier alpha value is -2.31. The first kappa shape index (κ1) is 22.0. The molecule has 0 saturated carbocycles. The van der Waals surface area contributed by atoms with Crippen molar-refractivity contribution in [1.29, 1.82) is 0 Å². The molecule has 7 heteroatoms. The monoisotopic (exact) mass is 408 g/mol. The van der Waals surface area contributed by atoms with Gasteiger partial charge in [-0.2, -0.15) is 0 Å². The maximum atomic E-state index is 14.0. The van der Waals surface area contributed by atoms with Crippen LogP contribution < -0.4 is 20.1 Å². The van der Waals surface area contributed by atoms with E-state index in [1.807, 2.05) is 31.2 Å². The number of methoxy groups -OCH3 is 2. The molecule has 0 spiro atoms. The third kappa shape index (κ3) is 4.75. The predicted octanol–water partition coefficient (Wildman–Crippen LogP) is 3.33. The first-order valence-electron chi connectivity index (χ1n) is 9.02. The Morgan fingerprint density at radius 2 is 1.93 bits per heavy atom. The molecule has 2 unspecified atom stereocenters. The molecule has 0 bridgehead atoms. The number of amides is 1. The predicted molar refractivity (Wildman–Crippen MR) is 109 cm³/mol. The number of carbonyl (C=O) groups excluding carboxylic acids is 1. The second-order valence-corrected chi connectivity index (χ2v) is 6.81. The molecule has 5 nitrogen and oxygen atoms in total. The van der Waals surface area contributed by atoms with Gasteiger partial charge in [0.1, 0.15) is 17.3 Å². The van der Waals surface area contributed by atoms with E-state index in [9.17, 15) is 9.18 Å². The molecule has 2 N–H and O–H groups in total. The van der Waals surface area contributed by atoms with E-state index in [1.54, 1.807) is 13.2 Å². The second kappa shape index (κ2) is 9.75. The van der Waals surface area contributed by atoms with Crippen molar-refractivity contribution >= 4 is 18.3 Å². The molecule has 152 valence electrons. The molecule has 0 aromatic heterocycles. The van der Waals surface area contributed by atoms with Crippen LogP contribution in [0.3, 0.4) is 0 Å². The molecule has 2 atom stereocenters. The molecule has 1 aliphatic heterocycles. The van der Waals surface area contributed by atoms with Crippen molar-refractivity contribution in [3.63, 3.8) is 0 Å². The lowest BCUT2D eigenvalue weighted by atomic mass is 9.87. The van der Waals surface area contributed by atoms with E-state index in [0.717, 1.165) is 18.7 Å². The fraction of sp³-hybridized carbons (Fsp3) is 0.381. The SMILES string of the molecule is COc1cccc(C(NC(=O)C(C)C2CNC2)c2cc(F)ccc2OC)c1.Cl. The topological polar surface area (TPSA) is 59.6 Å². The standard InChI is InChI=1S/C21H25FN2O3.ClH/c1-13(15-11-23-12-15)21(25)24-20(14-5-4-6-17(9-14)26-2)18-10-16(22)7-8-19(18)27-3;/h4-10,13,15,20,23H,11-12H2,1-3H3,(H,24,25);1H. The summed E-state index contributed by atoms with van der Waals surface area (Å²) in [6.07, 6.45) is 0. The van der Waals surface area contributed by atoms with Gasteiger partial charge in [-0.1, -0.05) is 19.1 Å². The third-order valence-corrected chi connectivity index (χ3v) is 5.15. The van der Waals surface area contributed by atoms with Crippen molar-refractivity contribution < 1.29 is 18.7 Å². The molecule has 1 aliphatic rings. The van der Waals surface area contributed by atoms with Gasteiger partial charge in [0.15, 0.2) is 0 Å². The van der Waals surface area contributed by atoms with E-state index >= 15 is 0 Å². The Bertz CT molecular complexity index is 814. The fourth-order valence-corrected chi connectivity index (χ4v) is 3.24. The highest BCUT2D eigenvalue weighted by Crippen LogP contribution is 2.33. The van der Waals surface area contributed by atoms with Crippen LogP contribution in [0.25, 0.3) is 0 Å². The summed E-state index contributed by atoms with van der Waals surface area (Å²) in [4.78, 5) is 12.9.